The lowest BCUT2D eigenvalue weighted by atomic mass is 10.1. The van der Waals surface area contributed by atoms with E-state index >= 15 is 0 Å². The van der Waals surface area contributed by atoms with E-state index in [0.717, 1.165) is 42.9 Å². The number of piperidine rings is 1. The molecule has 21 heavy (non-hydrogen) atoms. The highest BCUT2D eigenvalue weighted by atomic mass is 16.5. The van der Waals surface area contributed by atoms with Gasteiger partial charge >= 0.3 is 0 Å². The normalized spacial score (nSPS) is 15.7. The second kappa shape index (κ2) is 8.00. The summed E-state index contributed by atoms with van der Waals surface area (Å²) in [5.41, 5.74) is 1.79. The molecule has 1 aliphatic heterocycles. The Labute approximate surface area is 126 Å². The van der Waals surface area contributed by atoms with Crippen LogP contribution in [0.5, 0.6) is 5.75 Å². The third kappa shape index (κ3) is 5.02. The van der Waals surface area contributed by atoms with Gasteiger partial charge in [-0.3, -0.25) is 4.79 Å². The van der Waals surface area contributed by atoms with E-state index < -0.39 is 0 Å². The van der Waals surface area contributed by atoms with Crippen molar-refractivity contribution in [3.05, 3.63) is 23.8 Å². The van der Waals surface area contributed by atoms with E-state index in [9.17, 15) is 4.79 Å². The number of hydrogen-bond acceptors (Lipinski definition) is 4. The summed E-state index contributed by atoms with van der Waals surface area (Å²) < 4.78 is 11.1. The molecule has 1 amide bonds. The van der Waals surface area contributed by atoms with Gasteiger partial charge in [0.05, 0.1) is 12.7 Å². The molecule has 5 nitrogen and oxygen atoms in total. The Morgan fingerprint density at radius 1 is 1.38 bits per heavy atom. The van der Waals surface area contributed by atoms with Crippen LogP contribution in [-0.4, -0.2) is 38.3 Å². The zero-order chi connectivity index (χ0) is 15.1. The maximum atomic E-state index is 11.9. The van der Waals surface area contributed by atoms with E-state index in [1.807, 2.05) is 32.0 Å². The molecule has 0 radical (unpaired) electrons. The zero-order valence-electron chi connectivity index (χ0n) is 12.8. The average molecular weight is 292 g/mol. The lowest BCUT2D eigenvalue weighted by Gasteiger charge is -2.22. The minimum atomic E-state index is -0.110. The summed E-state index contributed by atoms with van der Waals surface area (Å²) in [5.74, 6) is 0.708. The Morgan fingerprint density at radius 2 is 2.14 bits per heavy atom. The SMILES string of the molecule is CCOc1ccc(NC(=O)COC2CCNCC2)c(C)c1. The summed E-state index contributed by atoms with van der Waals surface area (Å²) in [7, 11) is 0. The van der Waals surface area contributed by atoms with E-state index in [1.54, 1.807) is 0 Å². The fraction of sp³-hybridized carbons (Fsp3) is 0.562. The molecule has 116 valence electrons. The van der Waals surface area contributed by atoms with E-state index in [0.29, 0.717) is 6.61 Å². The molecule has 0 atom stereocenters. The molecule has 0 spiro atoms. The van der Waals surface area contributed by atoms with Crippen LogP contribution in [-0.2, 0) is 9.53 Å². The second-order valence-corrected chi connectivity index (χ2v) is 5.22. The van der Waals surface area contributed by atoms with Crippen LogP contribution in [0.25, 0.3) is 0 Å². The second-order valence-electron chi connectivity index (χ2n) is 5.22. The molecule has 1 aromatic rings. The lowest BCUT2D eigenvalue weighted by Crippen LogP contribution is -2.34. The van der Waals surface area contributed by atoms with Gasteiger partial charge in [-0.2, -0.15) is 0 Å². The molecule has 0 aliphatic carbocycles. The number of ether oxygens (including phenoxy) is 2. The molecular formula is C16H24N2O3. The van der Waals surface area contributed by atoms with Crippen LogP contribution in [0.15, 0.2) is 18.2 Å². The third-order valence-corrected chi connectivity index (χ3v) is 3.52. The number of rotatable bonds is 6. The van der Waals surface area contributed by atoms with Crippen molar-refractivity contribution < 1.29 is 14.3 Å². The largest absolute Gasteiger partial charge is 0.494 e. The first-order valence-corrected chi connectivity index (χ1v) is 7.54. The Morgan fingerprint density at radius 3 is 2.81 bits per heavy atom. The van der Waals surface area contributed by atoms with Crippen molar-refractivity contribution in [3.8, 4) is 5.75 Å². The summed E-state index contributed by atoms with van der Waals surface area (Å²) in [6, 6.07) is 5.65. The molecule has 0 aromatic heterocycles. The number of hydrogen-bond donors (Lipinski definition) is 2. The van der Waals surface area contributed by atoms with Gasteiger partial charge in [0.15, 0.2) is 0 Å². The highest BCUT2D eigenvalue weighted by Gasteiger charge is 2.15. The molecule has 2 N–H and O–H groups in total. The summed E-state index contributed by atoms with van der Waals surface area (Å²) in [5, 5.41) is 6.16. The smallest absolute Gasteiger partial charge is 0.250 e. The van der Waals surface area contributed by atoms with E-state index in [1.165, 1.54) is 0 Å². The number of carbonyl (C=O) groups is 1. The number of anilines is 1. The van der Waals surface area contributed by atoms with Gasteiger partial charge in [-0.05, 0) is 63.5 Å². The number of nitrogens with one attached hydrogen (secondary N) is 2. The van der Waals surface area contributed by atoms with E-state index in [4.69, 9.17) is 9.47 Å². The Bertz CT molecular complexity index is 471. The van der Waals surface area contributed by atoms with Crippen LogP contribution >= 0.6 is 0 Å². The molecule has 5 heteroatoms. The standard InChI is InChI=1S/C16H24N2O3/c1-3-20-14-4-5-15(12(2)10-14)18-16(19)11-21-13-6-8-17-9-7-13/h4-5,10,13,17H,3,6-9,11H2,1-2H3,(H,18,19). The highest BCUT2D eigenvalue weighted by Crippen LogP contribution is 2.21. The van der Waals surface area contributed by atoms with Gasteiger partial charge in [0, 0.05) is 5.69 Å². The fourth-order valence-electron chi connectivity index (χ4n) is 2.37. The summed E-state index contributed by atoms with van der Waals surface area (Å²) >= 11 is 0. The number of amides is 1. The molecule has 2 rings (SSSR count). The predicted octanol–water partition coefficient (Wildman–Crippen LogP) is 2.10. The highest BCUT2D eigenvalue weighted by molar-refractivity contribution is 5.92. The van der Waals surface area contributed by atoms with Crippen LogP contribution < -0.4 is 15.4 Å². The van der Waals surface area contributed by atoms with Gasteiger partial charge in [-0.25, -0.2) is 0 Å². The van der Waals surface area contributed by atoms with Crippen molar-refractivity contribution in [3.63, 3.8) is 0 Å². The molecule has 0 saturated carbocycles. The number of aryl methyl sites for hydroxylation is 1. The molecule has 1 aromatic carbocycles. The van der Waals surface area contributed by atoms with Crippen molar-refractivity contribution in [2.45, 2.75) is 32.8 Å². The Kier molecular flexibility index (Phi) is 6.02. The molecule has 0 bridgehead atoms. The monoisotopic (exact) mass is 292 g/mol. The Hall–Kier alpha value is -1.59. The van der Waals surface area contributed by atoms with Crippen LogP contribution in [0.2, 0.25) is 0 Å². The van der Waals surface area contributed by atoms with Crippen molar-refractivity contribution in [2.24, 2.45) is 0 Å². The molecule has 1 heterocycles. The molecule has 1 fully saturated rings. The van der Waals surface area contributed by atoms with E-state index in [-0.39, 0.29) is 18.6 Å². The summed E-state index contributed by atoms with van der Waals surface area (Å²) in [4.78, 5) is 11.9. The van der Waals surface area contributed by atoms with E-state index in [2.05, 4.69) is 10.6 Å². The first kappa shape index (κ1) is 15.8. The quantitative estimate of drug-likeness (QED) is 0.843. The third-order valence-electron chi connectivity index (χ3n) is 3.52. The van der Waals surface area contributed by atoms with Gasteiger partial charge in [0.2, 0.25) is 5.91 Å². The first-order chi connectivity index (χ1) is 10.2. The van der Waals surface area contributed by atoms with Crippen LogP contribution in [0.1, 0.15) is 25.3 Å². The minimum Gasteiger partial charge on any atom is -0.494 e. The summed E-state index contributed by atoms with van der Waals surface area (Å²) in [6.45, 7) is 6.57. The summed E-state index contributed by atoms with van der Waals surface area (Å²) in [6.07, 6.45) is 2.13. The van der Waals surface area contributed by atoms with Crippen LogP contribution in [0.3, 0.4) is 0 Å². The van der Waals surface area contributed by atoms with Gasteiger partial charge in [0.1, 0.15) is 12.4 Å². The van der Waals surface area contributed by atoms with Crippen LogP contribution in [0.4, 0.5) is 5.69 Å². The number of carbonyl (C=O) groups excluding carboxylic acids is 1. The van der Waals surface area contributed by atoms with Gasteiger partial charge in [-0.15, -0.1) is 0 Å². The fourth-order valence-corrected chi connectivity index (χ4v) is 2.37. The Balaban J connectivity index is 1.81. The van der Waals surface area contributed by atoms with Crippen molar-refractivity contribution >= 4 is 11.6 Å². The van der Waals surface area contributed by atoms with Crippen molar-refractivity contribution in [1.82, 2.24) is 5.32 Å². The minimum absolute atomic E-state index is 0.108. The number of benzene rings is 1. The molecule has 1 aliphatic rings. The average Bonchev–Trinajstić information content (AvgIpc) is 2.49. The molecule has 0 unspecified atom stereocenters. The van der Waals surface area contributed by atoms with Crippen LogP contribution in [0, 0.1) is 6.92 Å². The molecule has 1 saturated heterocycles. The maximum absolute atomic E-state index is 11.9. The molecular weight excluding hydrogens is 268 g/mol. The van der Waals surface area contributed by atoms with Crippen molar-refractivity contribution in [1.29, 1.82) is 0 Å². The van der Waals surface area contributed by atoms with Crippen molar-refractivity contribution in [2.75, 3.05) is 31.6 Å². The predicted molar refractivity (Wildman–Crippen MR) is 82.8 cm³/mol. The lowest BCUT2D eigenvalue weighted by molar-refractivity contribution is -0.123. The van der Waals surface area contributed by atoms with Gasteiger partial charge < -0.3 is 20.1 Å². The van der Waals surface area contributed by atoms with Gasteiger partial charge in [0.25, 0.3) is 0 Å². The maximum Gasteiger partial charge on any atom is 0.250 e. The zero-order valence-corrected chi connectivity index (χ0v) is 12.8. The first-order valence-electron chi connectivity index (χ1n) is 7.54. The van der Waals surface area contributed by atoms with Gasteiger partial charge in [-0.1, -0.05) is 0 Å². The topological polar surface area (TPSA) is 59.6 Å².